The predicted octanol–water partition coefficient (Wildman–Crippen LogP) is 1.87. The number of carboxylic acid groups (broad SMARTS) is 1. The lowest BCUT2D eigenvalue weighted by molar-refractivity contribution is 0.0169. The quantitative estimate of drug-likeness (QED) is 0.726. The van der Waals surface area contributed by atoms with Gasteiger partial charge in [-0.1, -0.05) is 28.1 Å². The first-order valence-corrected chi connectivity index (χ1v) is 6.36. The fourth-order valence-electron chi connectivity index (χ4n) is 1.68. The molecule has 1 aromatic carbocycles. The van der Waals surface area contributed by atoms with Crippen LogP contribution in [0.2, 0.25) is 0 Å². The summed E-state index contributed by atoms with van der Waals surface area (Å²) in [6.45, 7) is 1.63. The number of alkyl halides is 1. The van der Waals surface area contributed by atoms with Gasteiger partial charge in [0.15, 0.2) is 0 Å². The Morgan fingerprint density at radius 3 is 2.59 bits per heavy atom. The van der Waals surface area contributed by atoms with Gasteiger partial charge in [-0.15, -0.1) is 0 Å². The van der Waals surface area contributed by atoms with Crippen LogP contribution in [-0.4, -0.2) is 32.7 Å². The van der Waals surface area contributed by atoms with Crippen molar-refractivity contribution in [1.29, 1.82) is 0 Å². The van der Waals surface area contributed by atoms with Gasteiger partial charge in [-0.3, -0.25) is 0 Å². The first-order valence-electron chi connectivity index (χ1n) is 5.24. The van der Waals surface area contributed by atoms with Crippen LogP contribution in [0.4, 0.5) is 0 Å². The zero-order valence-corrected chi connectivity index (χ0v) is 11.0. The molecule has 3 N–H and O–H groups in total. The van der Waals surface area contributed by atoms with E-state index in [0.717, 1.165) is 0 Å². The van der Waals surface area contributed by atoms with E-state index in [4.69, 9.17) is 5.11 Å². The third-order valence-electron chi connectivity index (χ3n) is 2.69. The fourth-order valence-corrected chi connectivity index (χ4v) is 2.15. The molecule has 0 spiro atoms. The first-order chi connectivity index (χ1) is 7.99. The molecule has 2 atom stereocenters. The Labute approximate surface area is 108 Å². The highest BCUT2D eigenvalue weighted by atomic mass is 79.9. The van der Waals surface area contributed by atoms with Gasteiger partial charge in [0.2, 0.25) is 0 Å². The molecule has 1 rings (SSSR count). The van der Waals surface area contributed by atoms with E-state index in [-0.39, 0.29) is 5.56 Å². The lowest BCUT2D eigenvalue weighted by Crippen LogP contribution is -2.20. The normalized spacial score (nSPS) is 14.4. The molecule has 17 heavy (non-hydrogen) atoms. The average Bonchev–Trinajstić information content (AvgIpc) is 2.28. The molecule has 0 bridgehead atoms. The second-order valence-electron chi connectivity index (χ2n) is 3.81. The van der Waals surface area contributed by atoms with Crippen LogP contribution in [0.25, 0.3) is 0 Å². The Kier molecular flexibility index (Phi) is 5.11. The van der Waals surface area contributed by atoms with E-state index in [2.05, 4.69) is 15.9 Å². The summed E-state index contributed by atoms with van der Waals surface area (Å²) in [6, 6.07) is 4.67. The topological polar surface area (TPSA) is 77.8 Å². The summed E-state index contributed by atoms with van der Waals surface area (Å²) in [7, 11) is 0. The molecule has 0 aromatic heterocycles. The molecule has 5 heteroatoms. The Morgan fingerprint density at radius 1 is 1.41 bits per heavy atom. The minimum atomic E-state index is -1.06. The fraction of sp³-hybridized carbons (Fsp3) is 0.417. The number of aliphatic hydroxyl groups excluding tert-OH is 2. The Hall–Kier alpha value is -0.910. The maximum absolute atomic E-state index is 10.9. The minimum absolute atomic E-state index is 0.146. The third kappa shape index (κ3) is 3.28. The van der Waals surface area contributed by atoms with E-state index in [1.54, 1.807) is 19.1 Å². The molecule has 0 saturated heterocycles. The lowest BCUT2D eigenvalue weighted by atomic mass is 9.95. The number of benzene rings is 1. The Morgan fingerprint density at radius 2 is 2.06 bits per heavy atom. The van der Waals surface area contributed by atoms with Gasteiger partial charge in [0, 0.05) is 5.33 Å². The van der Waals surface area contributed by atoms with Crippen molar-refractivity contribution in [2.24, 2.45) is 0 Å². The number of rotatable bonds is 5. The summed E-state index contributed by atoms with van der Waals surface area (Å²) in [5.74, 6) is -1.04. The molecule has 0 heterocycles. The van der Waals surface area contributed by atoms with Crippen molar-refractivity contribution in [3.05, 3.63) is 34.9 Å². The largest absolute Gasteiger partial charge is 0.478 e. The van der Waals surface area contributed by atoms with Gasteiger partial charge in [0.05, 0.1) is 11.7 Å². The van der Waals surface area contributed by atoms with Gasteiger partial charge in [0.1, 0.15) is 6.10 Å². The van der Waals surface area contributed by atoms with Crippen LogP contribution in [0.1, 0.15) is 34.0 Å². The summed E-state index contributed by atoms with van der Waals surface area (Å²) in [5, 5.41) is 29.2. The van der Waals surface area contributed by atoms with E-state index < -0.39 is 18.2 Å². The smallest absolute Gasteiger partial charge is 0.335 e. The highest BCUT2D eigenvalue weighted by Gasteiger charge is 2.21. The molecule has 94 valence electrons. The molecule has 2 unspecified atom stereocenters. The number of hydrogen-bond donors (Lipinski definition) is 3. The van der Waals surface area contributed by atoms with Gasteiger partial charge in [-0.05, 0) is 30.5 Å². The van der Waals surface area contributed by atoms with Gasteiger partial charge in [0.25, 0.3) is 0 Å². The maximum atomic E-state index is 10.9. The SMILES string of the molecule is Cc1c(C(=O)O)cccc1C(O)C(O)CCBr. The second kappa shape index (κ2) is 6.14. The molecule has 0 amide bonds. The average molecular weight is 303 g/mol. The van der Waals surface area contributed by atoms with Crippen molar-refractivity contribution in [3.63, 3.8) is 0 Å². The number of hydrogen-bond acceptors (Lipinski definition) is 3. The minimum Gasteiger partial charge on any atom is -0.478 e. The molecule has 1 aromatic rings. The monoisotopic (exact) mass is 302 g/mol. The molecule has 0 aliphatic heterocycles. The highest BCUT2D eigenvalue weighted by molar-refractivity contribution is 9.09. The van der Waals surface area contributed by atoms with Gasteiger partial charge < -0.3 is 15.3 Å². The number of aromatic carboxylic acids is 1. The summed E-state index contributed by atoms with van der Waals surface area (Å²) >= 11 is 3.18. The Balaban J connectivity index is 3.06. The maximum Gasteiger partial charge on any atom is 0.335 e. The number of carboxylic acids is 1. The molecule has 4 nitrogen and oxygen atoms in total. The van der Waals surface area contributed by atoms with Crippen molar-refractivity contribution in [2.45, 2.75) is 25.6 Å². The van der Waals surface area contributed by atoms with Gasteiger partial charge in [-0.25, -0.2) is 4.79 Å². The van der Waals surface area contributed by atoms with Crippen LogP contribution in [-0.2, 0) is 0 Å². The summed E-state index contributed by atoms with van der Waals surface area (Å²) in [6.07, 6.45) is -1.57. The van der Waals surface area contributed by atoms with Crippen LogP contribution in [0.5, 0.6) is 0 Å². The van der Waals surface area contributed by atoms with Crippen molar-refractivity contribution in [3.8, 4) is 0 Å². The zero-order chi connectivity index (χ0) is 13.0. The highest BCUT2D eigenvalue weighted by Crippen LogP contribution is 2.25. The second-order valence-corrected chi connectivity index (χ2v) is 4.61. The number of halogens is 1. The number of carbonyl (C=O) groups is 1. The van der Waals surface area contributed by atoms with Crippen molar-refractivity contribution in [1.82, 2.24) is 0 Å². The van der Waals surface area contributed by atoms with E-state index in [9.17, 15) is 15.0 Å². The summed E-state index contributed by atoms with van der Waals surface area (Å²) < 4.78 is 0. The zero-order valence-electron chi connectivity index (χ0n) is 9.43. The molecular weight excluding hydrogens is 288 g/mol. The molecule has 0 radical (unpaired) electrons. The van der Waals surface area contributed by atoms with Crippen LogP contribution in [0.15, 0.2) is 18.2 Å². The summed E-state index contributed by atoms with van der Waals surface area (Å²) in [5.41, 5.74) is 1.09. The van der Waals surface area contributed by atoms with Gasteiger partial charge >= 0.3 is 5.97 Å². The van der Waals surface area contributed by atoms with Crippen molar-refractivity contribution < 1.29 is 20.1 Å². The molecule has 0 aliphatic rings. The van der Waals surface area contributed by atoms with Crippen LogP contribution in [0, 0.1) is 6.92 Å². The Bertz CT molecular complexity index is 405. The van der Waals surface area contributed by atoms with E-state index in [1.807, 2.05) is 0 Å². The van der Waals surface area contributed by atoms with Crippen molar-refractivity contribution >= 4 is 21.9 Å². The van der Waals surface area contributed by atoms with Crippen LogP contribution >= 0.6 is 15.9 Å². The van der Waals surface area contributed by atoms with E-state index in [1.165, 1.54) is 6.07 Å². The standard InChI is InChI=1S/C12H15BrO4/c1-7-8(11(15)10(14)5-6-13)3-2-4-9(7)12(16)17/h2-4,10-11,14-15H,5-6H2,1H3,(H,16,17). The van der Waals surface area contributed by atoms with Crippen molar-refractivity contribution in [2.75, 3.05) is 5.33 Å². The summed E-state index contributed by atoms with van der Waals surface area (Å²) in [4.78, 5) is 10.9. The van der Waals surface area contributed by atoms with E-state index >= 15 is 0 Å². The van der Waals surface area contributed by atoms with Crippen LogP contribution in [0.3, 0.4) is 0 Å². The van der Waals surface area contributed by atoms with Gasteiger partial charge in [-0.2, -0.15) is 0 Å². The van der Waals surface area contributed by atoms with Crippen LogP contribution < -0.4 is 0 Å². The molecule has 0 aliphatic carbocycles. The number of aliphatic hydroxyl groups is 2. The predicted molar refractivity (Wildman–Crippen MR) is 67.5 cm³/mol. The molecule has 0 saturated carbocycles. The third-order valence-corrected chi connectivity index (χ3v) is 3.15. The molecular formula is C12H15BrO4. The van der Waals surface area contributed by atoms with E-state index in [0.29, 0.717) is 22.9 Å². The first kappa shape index (κ1) is 14.2. The lowest BCUT2D eigenvalue weighted by Gasteiger charge is -2.20. The molecule has 0 fully saturated rings.